The summed E-state index contributed by atoms with van der Waals surface area (Å²) in [5.74, 6) is -12.7. The third-order valence-corrected chi connectivity index (χ3v) is 3.39. The van der Waals surface area contributed by atoms with E-state index in [4.69, 9.17) is 0 Å². The second-order valence-electron chi connectivity index (χ2n) is 5.58. The van der Waals surface area contributed by atoms with Crippen molar-refractivity contribution in [3.05, 3.63) is 34.6 Å². The maximum Gasteiger partial charge on any atom is 0.257 e. The van der Waals surface area contributed by atoms with E-state index >= 15 is 0 Å². The van der Waals surface area contributed by atoms with Crippen molar-refractivity contribution in [2.24, 2.45) is 0 Å². The van der Waals surface area contributed by atoms with Gasteiger partial charge in [0.05, 0.1) is 11.1 Å². The Morgan fingerprint density at radius 1 is 0.857 bits per heavy atom. The van der Waals surface area contributed by atoms with E-state index in [9.17, 15) is 31.9 Å². The number of hydrogen-bond acceptors (Lipinski definition) is 2. The zero-order valence-electron chi connectivity index (χ0n) is 11.7. The van der Waals surface area contributed by atoms with Crippen molar-refractivity contribution in [2.45, 2.75) is 38.8 Å². The van der Waals surface area contributed by atoms with Gasteiger partial charge in [0.1, 0.15) is 5.56 Å². The van der Waals surface area contributed by atoms with Crippen molar-refractivity contribution in [3.63, 3.8) is 0 Å². The third-order valence-electron chi connectivity index (χ3n) is 3.39. The number of carbonyl (C=O) groups excluding carboxylic acids is 1. The lowest BCUT2D eigenvalue weighted by molar-refractivity contribution is -0.00313. The topological polar surface area (TPSA) is 49.3 Å². The number of rotatable bonds is 3. The monoisotopic (exact) mass is 311 g/mol. The van der Waals surface area contributed by atoms with E-state index in [-0.39, 0.29) is 0 Å². The molecule has 0 aliphatic heterocycles. The van der Waals surface area contributed by atoms with Gasteiger partial charge in [-0.15, -0.1) is 0 Å². The highest BCUT2D eigenvalue weighted by atomic mass is 19.2. The number of aliphatic hydroxyl groups is 1. The Morgan fingerprint density at radius 2 is 1.19 bits per heavy atom. The number of benzene rings is 1. The summed E-state index contributed by atoms with van der Waals surface area (Å²) in [6.45, 7) is 5.28. The van der Waals surface area contributed by atoms with Crippen LogP contribution in [0.15, 0.2) is 0 Å². The van der Waals surface area contributed by atoms with Gasteiger partial charge in [0.25, 0.3) is 5.91 Å². The van der Waals surface area contributed by atoms with Gasteiger partial charge in [-0.25, -0.2) is 22.0 Å². The molecule has 0 saturated heterocycles. The largest absolute Gasteiger partial charge is 0.388 e. The molecule has 1 aromatic rings. The second kappa shape index (κ2) is 5.25. The Bertz CT molecular complexity index is 564. The normalized spacial score (nSPS) is 12.5. The van der Waals surface area contributed by atoms with Gasteiger partial charge in [-0.05, 0) is 27.7 Å². The molecule has 0 heterocycles. The van der Waals surface area contributed by atoms with Crippen LogP contribution in [-0.2, 0) is 0 Å². The fourth-order valence-electron chi connectivity index (χ4n) is 1.30. The fourth-order valence-corrected chi connectivity index (χ4v) is 1.30. The van der Waals surface area contributed by atoms with Gasteiger partial charge in [0.15, 0.2) is 23.3 Å². The molecule has 2 N–H and O–H groups in total. The van der Waals surface area contributed by atoms with Gasteiger partial charge in [-0.2, -0.15) is 0 Å². The van der Waals surface area contributed by atoms with Gasteiger partial charge < -0.3 is 10.4 Å². The van der Waals surface area contributed by atoms with E-state index in [1.54, 1.807) is 0 Å². The molecule has 0 fully saturated rings. The smallest absolute Gasteiger partial charge is 0.257 e. The maximum atomic E-state index is 13.5. The van der Waals surface area contributed by atoms with Crippen LogP contribution in [0.2, 0.25) is 0 Å². The minimum Gasteiger partial charge on any atom is -0.388 e. The van der Waals surface area contributed by atoms with Crippen molar-refractivity contribution in [1.29, 1.82) is 0 Å². The van der Waals surface area contributed by atoms with Gasteiger partial charge in [0, 0.05) is 0 Å². The van der Waals surface area contributed by atoms with Crippen LogP contribution in [0.3, 0.4) is 0 Å². The lowest BCUT2D eigenvalue weighted by Gasteiger charge is -2.38. The first-order chi connectivity index (χ1) is 9.31. The maximum absolute atomic E-state index is 13.5. The van der Waals surface area contributed by atoms with Crippen molar-refractivity contribution < 1.29 is 31.9 Å². The highest BCUT2D eigenvalue weighted by Gasteiger charge is 2.39. The van der Waals surface area contributed by atoms with Crippen molar-refractivity contribution in [1.82, 2.24) is 5.32 Å². The Labute approximate surface area is 117 Å². The summed E-state index contributed by atoms with van der Waals surface area (Å²) in [6, 6.07) is 0. The zero-order chi connectivity index (χ0) is 16.7. The summed E-state index contributed by atoms with van der Waals surface area (Å²) in [4.78, 5) is 11.8. The van der Waals surface area contributed by atoms with Gasteiger partial charge >= 0.3 is 0 Å². The molecule has 0 atom stereocenters. The summed E-state index contributed by atoms with van der Waals surface area (Å²) >= 11 is 0. The Hall–Kier alpha value is -1.70. The lowest BCUT2D eigenvalue weighted by Crippen LogP contribution is -2.58. The van der Waals surface area contributed by atoms with Crippen LogP contribution in [-0.4, -0.2) is 22.2 Å². The molecule has 0 unspecified atom stereocenters. The van der Waals surface area contributed by atoms with Gasteiger partial charge in [-0.3, -0.25) is 4.79 Å². The summed E-state index contributed by atoms with van der Waals surface area (Å²) < 4.78 is 65.9. The minimum absolute atomic E-state index is 1.31. The quantitative estimate of drug-likeness (QED) is 0.512. The van der Waals surface area contributed by atoms with Crippen LogP contribution in [0.5, 0.6) is 0 Å². The number of hydrogen-bond donors (Lipinski definition) is 2. The molecular formula is C13H14F5NO2. The molecular weight excluding hydrogens is 297 g/mol. The molecule has 1 aromatic carbocycles. The summed E-state index contributed by atoms with van der Waals surface area (Å²) in [7, 11) is 0. The van der Waals surface area contributed by atoms with E-state index < -0.39 is 51.7 Å². The predicted molar refractivity (Wildman–Crippen MR) is 64.1 cm³/mol. The molecule has 0 aliphatic carbocycles. The van der Waals surface area contributed by atoms with Crippen molar-refractivity contribution >= 4 is 5.91 Å². The van der Waals surface area contributed by atoms with Crippen molar-refractivity contribution in [2.75, 3.05) is 0 Å². The Balaban J connectivity index is 3.34. The minimum atomic E-state index is -2.34. The lowest BCUT2D eigenvalue weighted by atomic mass is 9.85. The molecule has 1 amide bonds. The van der Waals surface area contributed by atoms with Crippen LogP contribution in [0, 0.1) is 29.1 Å². The molecule has 21 heavy (non-hydrogen) atoms. The number of nitrogens with one attached hydrogen (secondary N) is 1. The molecule has 0 spiro atoms. The van der Waals surface area contributed by atoms with Crippen molar-refractivity contribution in [3.8, 4) is 0 Å². The van der Waals surface area contributed by atoms with Crippen LogP contribution in [0.25, 0.3) is 0 Å². The fraction of sp³-hybridized carbons (Fsp3) is 0.462. The van der Waals surface area contributed by atoms with Gasteiger partial charge in [0.2, 0.25) is 5.82 Å². The van der Waals surface area contributed by atoms with E-state index in [0.29, 0.717) is 0 Å². The Kier molecular flexibility index (Phi) is 4.34. The first-order valence-corrected chi connectivity index (χ1v) is 5.87. The number of halogens is 5. The summed E-state index contributed by atoms with van der Waals surface area (Å²) in [5, 5.41) is 11.9. The first-order valence-electron chi connectivity index (χ1n) is 5.87. The predicted octanol–water partition coefficient (Wildman–Crippen LogP) is 2.66. The number of amides is 1. The SMILES string of the molecule is CC(C)(O)C(C)(C)NC(=O)c1c(F)c(F)c(F)c(F)c1F. The van der Waals surface area contributed by atoms with Crippen LogP contribution >= 0.6 is 0 Å². The first kappa shape index (κ1) is 17.4. The number of carbonyl (C=O) groups is 1. The Morgan fingerprint density at radius 3 is 1.52 bits per heavy atom. The van der Waals surface area contributed by atoms with Crippen LogP contribution in [0.1, 0.15) is 38.1 Å². The van der Waals surface area contributed by atoms with E-state index in [0.717, 1.165) is 0 Å². The third kappa shape index (κ3) is 2.99. The molecule has 8 heteroatoms. The average Bonchev–Trinajstić information content (AvgIpc) is 2.32. The van der Waals surface area contributed by atoms with E-state index in [2.05, 4.69) is 0 Å². The molecule has 1 rings (SSSR count). The molecule has 0 aliphatic rings. The molecule has 118 valence electrons. The van der Waals surface area contributed by atoms with E-state index in [1.165, 1.54) is 27.7 Å². The summed E-state index contributed by atoms with van der Waals surface area (Å²) in [5.41, 5.74) is -4.49. The van der Waals surface area contributed by atoms with E-state index in [1.807, 2.05) is 5.32 Å². The van der Waals surface area contributed by atoms with Gasteiger partial charge in [-0.1, -0.05) is 0 Å². The molecule has 0 aromatic heterocycles. The molecule has 0 bridgehead atoms. The molecule has 0 saturated carbocycles. The standard InChI is InChI=1S/C13H14F5NO2/c1-12(2,13(3,4)21)19-11(20)5-6(14)8(16)10(18)9(17)7(5)15/h21H,1-4H3,(H,19,20). The van der Waals surface area contributed by atoms with Crippen LogP contribution < -0.4 is 5.32 Å². The molecule has 0 radical (unpaired) electrons. The highest BCUT2D eigenvalue weighted by Crippen LogP contribution is 2.25. The second-order valence-corrected chi connectivity index (χ2v) is 5.58. The zero-order valence-corrected chi connectivity index (χ0v) is 11.7. The average molecular weight is 311 g/mol. The van der Waals surface area contributed by atoms with Crippen LogP contribution in [0.4, 0.5) is 22.0 Å². The summed E-state index contributed by atoms with van der Waals surface area (Å²) in [6.07, 6.45) is 0. The molecule has 3 nitrogen and oxygen atoms in total. The highest BCUT2D eigenvalue weighted by molar-refractivity contribution is 5.95.